The lowest BCUT2D eigenvalue weighted by atomic mass is 10.0. The summed E-state index contributed by atoms with van der Waals surface area (Å²) in [6, 6.07) is 9.56. The number of nitrogens with one attached hydrogen (secondary N) is 1. The molecule has 1 aromatic carbocycles. The number of rotatable bonds is 5. The maximum atomic E-state index is 12.6. The van der Waals surface area contributed by atoms with Gasteiger partial charge in [0.05, 0.1) is 16.7 Å². The van der Waals surface area contributed by atoms with Crippen molar-refractivity contribution >= 4 is 43.9 Å². The Morgan fingerprint density at radius 3 is 2.56 bits per heavy atom. The van der Waals surface area contributed by atoms with E-state index in [1.807, 2.05) is 0 Å². The number of anilines is 1. The molecule has 25 heavy (non-hydrogen) atoms. The highest BCUT2D eigenvalue weighted by atomic mass is 32.2. The molecule has 0 aliphatic rings. The standard InChI is InChI=1S/C17H14N2O4S2/c1-25(21,22)14-6-4-12(5-7-14)15(11-13-3-2-9-23-13)16(20)19-17-18-8-10-24-17/h2-11H,1H3,(H,18,19,20)/b15-11+. The molecule has 0 aliphatic heterocycles. The van der Waals surface area contributed by atoms with Gasteiger partial charge in [0.25, 0.3) is 5.91 Å². The molecule has 2 aromatic heterocycles. The molecule has 8 heteroatoms. The number of furan rings is 1. The Bertz CT molecular complexity index is 988. The number of benzene rings is 1. The summed E-state index contributed by atoms with van der Waals surface area (Å²) in [5, 5.41) is 4.95. The second kappa shape index (κ2) is 7.04. The van der Waals surface area contributed by atoms with E-state index < -0.39 is 9.84 Å². The fourth-order valence-electron chi connectivity index (χ4n) is 2.13. The first-order valence-electron chi connectivity index (χ1n) is 7.20. The van der Waals surface area contributed by atoms with Crippen molar-refractivity contribution in [1.29, 1.82) is 0 Å². The maximum Gasteiger partial charge on any atom is 0.258 e. The van der Waals surface area contributed by atoms with Crippen molar-refractivity contribution in [1.82, 2.24) is 4.98 Å². The largest absolute Gasteiger partial charge is 0.465 e. The monoisotopic (exact) mass is 374 g/mol. The summed E-state index contributed by atoms with van der Waals surface area (Å²) in [5.41, 5.74) is 0.906. The molecule has 128 valence electrons. The normalized spacial score (nSPS) is 12.1. The van der Waals surface area contributed by atoms with Crippen molar-refractivity contribution in [3.63, 3.8) is 0 Å². The van der Waals surface area contributed by atoms with Crippen molar-refractivity contribution in [3.05, 3.63) is 65.6 Å². The lowest BCUT2D eigenvalue weighted by molar-refractivity contribution is -0.111. The Labute approximate surface area is 148 Å². The Kier molecular flexibility index (Phi) is 4.82. The van der Waals surface area contributed by atoms with Gasteiger partial charge in [-0.2, -0.15) is 0 Å². The molecule has 0 fully saturated rings. The number of thiazole rings is 1. The Morgan fingerprint density at radius 2 is 2.00 bits per heavy atom. The molecule has 0 unspecified atom stereocenters. The number of hydrogen-bond acceptors (Lipinski definition) is 6. The summed E-state index contributed by atoms with van der Waals surface area (Å²) in [6.45, 7) is 0. The fraction of sp³-hybridized carbons (Fsp3) is 0.0588. The molecule has 0 spiro atoms. The first kappa shape index (κ1) is 17.1. The molecule has 0 bridgehead atoms. The molecule has 1 amide bonds. The van der Waals surface area contributed by atoms with E-state index in [0.717, 1.165) is 6.26 Å². The van der Waals surface area contributed by atoms with Crippen LogP contribution in [0.15, 0.2) is 63.6 Å². The van der Waals surface area contributed by atoms with Gasteiger partial charge in [-0.1, -0.05) is 12.1 Å². The van der Waals surface area contributed by atoms with E-state index in [9.17, 15) is 13.2 Å². The van der Waals surface area contributed by atoms with Crippen LogP contribution in [0, 0.1) is 0 Å². The Balaban J connectivity index is 1.98. The van der Waals surface area contributed by atoms with Crippen molar-refractivity contribution < 1.29 is 17.6 Å². The quantitative estimate of drug-likeness (QED) is 0.692. The molecule has 0 atom stereocenters. The van der Waals surface area contributed by atoms with Gasteiger partial charge in [-0.15, -0.1) is 11.3 Å². The van der Waals surface area contributed by atoms with Crippen molar-refractivity contribution in [2.24, 2.45) is 0 Å². The van der Waals surface area contributed by atoms with Gasteiger partial charge >= 0.3 is 0 Å². The zero-order valence-corrected chi connectivity index (χ0v) is 14.8. The Hall–Kier alpha value is -2.71. The molecular weight excluding hydrogens is 360 g/mol. The number of amides is 1. The van der Waals surface area contributed by atoms with Crippen LogP contribution < -0.4 is 5.32 Å². The van der Waals surface area contributed by atoms with E-state index in [0.29, 0.717) is 22.0 Å². The van der Waals surface area contributed by atoms with Gasteiger partial charge in [0.1, 0.15) is 5.76 Å². The molecule has 6 nitrogen and oxygen atoms in total. The number of carbonyl (C=O) groups is 1. The smallest absolute Gasteiger partial charge is 0.258 e. The van der Waals surface area contributed by atoms with Gasteiger partial charge < -0.3 is 4.42 Å². The topological polar surface area (TPSA) is 89.3 Å². The highest BCUT2D eigenvalue weighted by Crippen LogP contribution is 2.23. The van der Waals surface area contributed by atoms with Crippen molar-refractivity contribution in [3.8, 4) is 0 Å². The molecule has 1 N–H and O–H groups in total. The van der Waals surface area contributed by atoms with Crippen LogP contribution in [0.5, 0.6) is 0 Å². The summed E-state index contributed by atoms with van der Waals surface area (Å²) in [5.74, 6) is 0.148. The minimum atomic E-state index is -3.30. The molecule has 0 aliphatic carbocycles. The SMILES string of the molecule is CS(=O)(=O)c1ccc(/C(=C\c2ccco2)C(=O)Nc2nccs2)cc1. The van der Waals surface area contributed by atoms with Crippen LogP contribution in [0.3, 0.4) is 0 Å². The Morgan fingerprint density at radius 1 is 1.24 bits per heavy atom. The van der Waals surface area contributed by atoms with Crippen LogP contribution in [0.2, 0.25) is 0 Å². The third-order valence-corrected chi connectivity index (χ3v) is 5.14. The summed E-state index contributed by atoms with van der Waals surface area (Å²) in [6.07, 6.45) is 5.83. The predicted octanol–water partition coefficient (Wildman–Crippen LogP) is 3.32. The minimum Gasteiger partial charge on any atom is -0.465 e. The van der Waals surface area contributed by atoms with Crippen LogP contribution in [-0.4, -0.2) is 25.6 Å². The summed E-state index contributed by atoms with van der Waals surface area (Å²) in [4.78, 5) is 16.9. The highest BCUT2D eigenvalue weighted by Gasteiger charge is 2.16. The maximum absolute atomic E-state index is 12.6. The third kappa shape index (κ3) is 4.23. The van der Waals surface area contributed by atoms with Crippen LogP contribution in [0.25, 0.3) is 11.6 Å². The average Bonchev–Trinajstić information content (AvgIpc) is 3.25. The van der Waals surface area contributed by atoms with Gasteiger partial charge in [-0.25, -0.2) is 13.4 Å². The average molecular weight is 374 g/mol. The van der Waals surface area contributed by atoms with Crippen molar-refractivity contribution in [2.75, 3.05) is 11.6 Å². The van der Waals surface area contributed by atoms with Gasteiger partial charge in [0.2, 0.25) is 0 Å². The number of sulfone groups is 1. The van der Waals surface area contributed by atoms with Crippen LogP contribution >= 0.6 is 11.3 Å². The molecule has 3 aromatic rings. The highest BCUT2D eigenvalue weighted by molar-refractivity contribution is 7.90. The van der Waals surface area contributed by atoms with E-state index in [1.165, 1.54) is 29.7 Å². The van der Waals surface area contributed by atoms with Crippen LogP contribution in [0.1, 0.15) is 11.3 Å². The predicted molar refractivity (Wildman–Crippen MR) is 96.9 cm³/mol. The zero-order valence-electron chi connectivity index (χ0n) is 13.2. The molecule has 0 radical (unpaired) electrons. The minimum absolute atomic E-state index is 0.189. The summed E-state index contributed by atoms with van der Waals surface area (Å²) in [7, 11) is -3.30. The third-order valence-electron chi connectivity index (χ3n) is 3.32. The van der Waals surface area contributed by atoms with Crippen LogP contribution in [-0.2, 0) is 14.6 Å². The lowest BCUT2D eigenvalue weighted by Gasteiger charge is -2.08. The van der Waals surface area contributed by atoms with Crippen molar-refractivity contribution in [2.45, 2.75) is 4.90 Å². The van der Waals surface area contributed by atoms with E-state index >= 15 is 0 Å². The number of aromatic nitrogens is 1. The summed E-state index contributed by atoms with van der Waals surface area (Å²) < 4.78 is 28.5. The van der Waals surface area contributed by atoms with Crippen LogP contribution in [0.4, 0.5) is 5.13 Å². The summed E-state index contributed by atoms with van der Waals surface area (Å²) >= 11 is 1.30. The fourth-order valence-corrected chi connectivity index (χ4v) is 3.28. The number of carbonyl (C=O) groups excluding carboxylic acids is 1. The molecular formula is C17H14N2O4S2. The van der Waals surface area contributed by atoms with Gasteiger partial charge in [-0.05, 0) is 35.9 Å². The first-order valence-corrected chi connectivity index (χ1v) is 9.97. The number of nitrogens with zero attached hydrogens (tertiary/aromatic N) is 1. The lowest BCUT2D eigenvalue weighted by Crippen LogP contribution is -2.13. The van der Waals surface area contributed by atoms with E-state index in [1.54, 1.807) is 41.9 Å². The van der Waals surface area contributed by atoms with E-state index in [2.05, 4.69) is 10.3 Å². The first-order chi connectivity index (χ1) is 11.9. The van der Waals surface area contributed by atoms with E-state index in [4.69, 9.17) is 4.42 Å². The molecule has 2 heterocycles. The van der Waals surface area contributed by atoms with E-state index in [-0.39, 0.29) is 10.8 Å². The molecule has 0 saturated carbocycles. The zero-order chi connectivity index (χ0) is 17.9. The van der Waals surface area contributed by atoms with Gasteiger partial charge in [0, 0.05) is 17.8 Å². The second-order valence-corrected chi connectivity index (χ2v) is 8.07. The molecule has 3 rings (SSSR count). The molecule has 0 saturated heterocycles. The van der Waals surface area contributed by atoms with Gasteiger partial charge in [-0.3, -0.25) is 10.1 Å². The number of hydrogen-bond donors (Lipinski definition) is 1. The van der Waals surface area contributed by atoms with Gasteiger partial charge in [0.15, 0.2) is 15.0 Å². The second-order valence-electron chi connectivity index (χ2n) is 5.16.